The molecule has 0 aliphatic rings. The van der Waals surface area contributed by atoms with Gasteiger partial charge in [0, 0.05) is 6.54 Å². The lowest BCUT2D eigenvalue weighted by atomic mass is 9.87. The molecule has 18 heavy (non-hydrogen) atoms. The Hall–Kier alpha value is -1.42. The number of carbonyl (C=O) groups is 1. The molecule has 1 amide bonds. The van der Waals surface area contributed by atoms with Gasteiger partial charge in [-0.05, 0) is 29.5 Å². The first-order chi connectivity index (χ1) is 8.21. The van der Waals surface area contributed by atoms with E-state index in [1.165, 1.54) is 6.07 Å². The van der Waals surface area contributed by atoms with Crippen LogP contribution in [-0.4, -0.2) is 11.9 Å². The molecule has 0 aliphatic heterocycles. The van der Waals surface area contributed by atoms with E-state index in [1.807, 2.05) is 20.8 Å². The monoisotopic (exact) mass is 252 g/mol. The molecule has 0 radical (unpaired) electrons. The Kier molecular flexibility index (Phi) is 4.46. The smallest absolute Gasteiger partial charge is 0.237 e. The number of aryl methyl sites for hydroxylation is 1. The second-order valence-electron chi connectivity index (χ2n) is 5.65. The van der Waals surface area contributed by atoms with E-state index in [1.54, 1.807) is 19.1 Å². The Morgan fingerprint density at radius 1 is 1.44 bits per heavy atom. The molecule has 0 saturated carbocycles. The summed E-state index contributed by atoms with van der Waals surface area (Å²) in [5, 5.41) is 2.77. The molecule has 100 valence electrons. The van der Waals surface area contributed by atoms with Crippen LogP contribution in [0.3, 0.4) is 0 Å². The first-order valence-corrected chi connectivity index (χ1v) is 6.00. The van der Waals surface area contributed by atoms with Crippen molar-refractivity contribution in [2.45, 2.75) is 40.3 Å². The molecule has 3 N–H and O–H groups in total. The molecule has 1 aromatic rings. The summed E-state index contributed by atoms with van der Waals surface area (Å²) in [6.45, 7) is 7.81. The van der Waals surface area contributed by atoms with E-state index in [4.69, 9.17) is 5.73 Å². The van der Waals surface area contributed by atoms with Crippen molar-refractivity contribution in [3.8, 4) is 0 Å². The van der Waals surface area contributed by atoms with Crippen molar-refractivity contribution in [3.05, 3.63) is 35.1 Å². The second kappa shape index (κ2) is 5.48. The van der Waals surface area contributed by atoms with Crippen LogP contribution in [0.15, 0.2) is 18.2 Å². The summed E-state index contributed by atoms with van der Waals surface area (Å²) < 4.78 is 13.1. The van der Waals surface area contributed by atoms with Crippen LogP contribution in [0.4, 0.5) is 4.39 Å². The highest BCUT2D eigenvalue weighted by Gasteiger charge is 2.27. The first kappa shape index (κ1) is 14.6. The Balaban J connectivity index is 2.60. The fourth-order valence-corrected chi connectivity index (χ4v) is 1.51. The van der Waals surface area contributed by atoms with Gasteiger partial charge in [-0.2, -0.15) is 0 Å². The van der Waals surface area contributed by atoms with Crippen LogP contribution in [0, 0.1) is 18.2 Å². The van der Waals surface area contributed by atoms with Crippen LogP contribution >= 0.6 is 0 Å². The summed E-state index contributed by atoms with van der Waals surface area (Å²) in [5.41, 5.74) is 7.00. The zero-order valence-corrected chi connectivity index (χ0v) is 11.4. The van der Waals surface area contributed by atoms with Gasteiger partial charge in [0.05, 0.1) is 6.04 Å². The molecule has 0 spiro atoms. The highest BCUT2D eigenvalue weighted by atomic mass is 19.1. The average molecular weight is 252 g/mol. The largest absolute Gasteiger partial charge is 0.351 e. The quantitative estimate of drug-likeness (QED) is 0.865. The first-order valence-electron chi connectivity index (χ1n) is 6.00. The molecule has 0 heterocycles. The molecule has 0 aromatic heterocycles. The van der Waals surface area contributed by atoms with E-state index in [9.17, 15) is 9.18 Å². The summed E-state index contributed by atoms with van der Waals surface area (Å²) in [7, 11) is 0. The van der Waals surface area contributed by atoms with Gasteiger partial charge >= 0.3 is 0 Å². The summed E-state index contributed by atoms with van der Waals surface area (Å²) in [4.78, 5) is 11.8. The second-order valence-corrected chi connectivity index (χ2v) is 5.65. The molecule has 0 bridgehead atoms. The lowest BCUT2D eigenvalue weighted by Gasteiger charge is -2.25. The van der Waals surface area contributed by atoms with Gasteiger partial charge in [-0.1, -0.05) is 32.9 Å². The maximum Gasteiger partial charge on any atom is 0.237 e. The van der Waals surface area contributed by atoms with Crippen molar-refractivity contribution in [1.82, 2.24) is 5.32 Å². The van der Waals surface area contributed by atoms with Crippen molar-refractivity contribution in [3.63, 3.8) is 0 Å². The minimum absolute atomic E-state index is 0.190. The third-order valence-electron chi connectivity index (χ3n) is 2.90. The van der Waals surface area contributed by atoms with Crippen LogP contribution in [0.1, 0.15) is 31.9 Å². The molecular formula is C14H21FN2O. The predicted molar refractivity (Wildman–Crippen MR) is 70.4 cm³/mol. The van der Waals surface area contributed by atoms with Crippen molar-refractivity contribution in [2.24, 2.45) is 11.1 Å². The van der Waals surface area contributed by atoms with Gasteiger partial charge in [-0.15, -0.1) is 0 Å². The zero-order chi connectivity index (χ0) is 13.9. The summed E-state index contributed by atoms with van der Waals surface area (Å²) >= 11 is 0. The fraction of sp³-hybridized carbons (Fsp3) is 0.500. The standard InChI is InChI=1S/C14H21FN2O/c1-9-7-10(5-6-11(9)15)8-17-13(18)12(16)14(2,3)4/h5-7,12H,8,16H2,1-4H3,(H,17,18)/t12-/m1/s1. The van der Waals surface area contributed by atoms with E-state index < -0.39 is 6.04 Å². The zero-order valence-electron chi connectivity index (χ0n) is 11.4. The number of nitrogens with one attached hydrogen (secondary N) is 1. The molecule has 0 unspecified atom stereocenters. The van der Waals surface area contributed by atoms with Crippen LogP contribution in [0.2, 0.25) is 0 Å². The van der Waals surface area contributed by atoms with E-state index >= 15 is 0 Å². The Morgan fingerprint density at radius 3 is 2.56 bits per heavy atom. The fourth-order valence-electron chi connectivity index (χ4n) is 1.51. The van der Waals surface area contributed by atoms with Crippen molar-refractivity contribution in [1.29, 1.82) is 0 Å². The molecule has 3 nitrogen and oxygen atoms in total. The third-order valence-corrected chi connectivity index (χ3v) is 2.90. The van der Waals surface area contributed by atoms with Crippen LogP contribution < -0.4 is 11.1 Å². The molecule has 0 fully saturated rings. The molecule has 4 heteroatoms. The number of nitrogens with two attached hydrogens (primary N) is 1. The van der Waals surface area contributed by atoms with Gasteiger partial charge in [0.15, 0.2) is 0 Å². The number of hydrogen-bond acceptors (Lipinski definition) is 2. The lowest BCUT2D eigenvalue weighted by molar-refractivity contribution is -0.124. The van der Waals surface area contributed by atoms with Crippen molar-refractivity contribution < 1.29 is 9.18 Å². The number of carbonyl (C=O) groups excluding carboxylic acids is 1. The Morgan fingerprint density at radius 2 is 2.06 bits per heavy atom. The summed E-state index contributed by atoms with van der Waals surface area (Å²) in [6.07, 6.45) is 0. The molecule has 1 rings (SSSR count). The van der Waals surface area contributed by atoms with E-state index in [0.29, 0.717) is 12.1 Å². The van der Waals surface area contributed by atoms with E-state index in [2.05, 4.69) is 5.32 Å². The van der Waals surface area contributed by atoms with Gasteiger partial charge in [0.25, 0.3) is 0 Å². The topological polar surface area (TPSA) is 55.1 Å². The third kappa shape index (κ3) is 3.81. The SMILES string of the molecule is Cc1cc(CNC(=O)[C@@H](N)C(C)(C)C)ccc1F. The molecule has 0 saturated heterocycles. The van der Waals surface area contributed by atoms with E-state index in [0.717, 1.165) is 5.56 Å². The molecular weight excluding hydrogens is 231 g/mol. The highest BCUT2D eigenvalue weighted by Crippen LogP contribution is 2.17. The Bertz CT molecular complexity index is 438. The highest BCUT2D eigenvalue weighted by molar-refractivity contribution is 5.82. The Labute approximate surface area is 108 Å². The van der Waals surface area contributed by atoms with Crippen molar-refractivity contribution >= 4 is 5.91 Å². The van der Waals surface area contributed by atoms with E-state index in [-0.39, 0.29) is 17.1 Å². The van der Waals surface area contributed by atoms with Gasteiger partial charge in [0.1, 0.15) is 5.82 Å². The molecule has 1 aromatic carbocycles. The molecule has 1 atom stereocenters. The normalized spacial score (nSPS) is 13.2. The number of rotatable bonds is 3. The number of amides is 1. The number of hydrogen-bond donors (Lipinski definition) is 2. The number of halogens is 1. The lowest BCUT2D eigenvalue weighted by Crippen LogP contribution is -2.48. The van der Waals surface area contributed by atoms with Crippen LogP contribution in [0.25, 0.3) is 0 Å². The minimum atomic E-state index is -0.556. The summed E-state index contributed by atoms with van der Waals surface area (Å²) in [6, 6.07) is 4.23. The van der Waals surface area contributed by atoms with Gasteiger partial charge < -0.3 is 11.1 Å². The summed E-state index contributed by atoms with van der Waals surface area (Å²) in [5.74, 6) is -0.430. The van der Waals surface area contributed by atoms with Gasteiger partial charge in [-0.3, -0.25) is 4.79 Å². The maximum atomic E-state index is 13.1. The predicted octanol–water partition coefficient (Wildman–Crippen LogP) is 2.12. The average Bonchev–Trinajstić information content (AvgIpc) is 2.28. The van der Waals surface area contributed by atoms with Crippen molar-refractivity contribution in [2.75, 3.05) is 0 Å². The van der Waals surface area contributed by atoms with Gasteiger partial charge in [-0.25, -0.2) is 4.39 Å². The van der Waals surface area contributed by atoms with Gasteiger partial charge in [0.2, 0.25) is 5.91 Å². The molecule has 0 aliphatic carbocycles. The van der Waals surface area contributed by atoms with Crippen LogP contribution in [-0.2, 0) is 11.3 Å². The maximum absolute atomic E-state index is 13.1. The number of benzene rings is 1. The van der Waals surface area contributed by atoms with Crippen LogP contribution in [0.5, 0.6) is 0 Å². The minimum Gasteiger partial charge on any atom is -0.351 e.